The number of hydrogen-bond donors (Lipinski definition) is 0. The van der Waals surface area contributed by atoms with Crippen LogP contribution in [-0.4, -0.2) is 43.5 Å². The number of nitrogens with zero attached hydrogens (tertiary/aromatic N) is 3. The second-order valence-corrected chi connectivity index (χ2v) is 3.38. The predicted octanol–water partition coefficient (Wildman–Crippen LogP) is 0.894. The summed E-state index contributed by atoms with van der Waals surface area (Å²) in [6.07, 6.45) is 4.38. The fraction of sp³-hybridized carbons (Fsp3) is 0.500. The summed E-state index contributed by atoms with van der Waals surface area (Å²) in [6, 6.07) is 0. The minimum atomic E-state index is 0.0272. The van der Waals surface area contributed by atoms with Gasteiger partial charge in [-0.05, 0) is 13.3 Å². The molecule has 0 spiro atoms. The zero-order chi connectivity index (χ0) is 10.6. The van der Waals surface area contributed by atoms with Gasteiger partial charge in [-0.1, -0.05) is 6.08 Å². The molecule has 0 bridgehead atoms. The molecule has 0 aromatic carbocycles. The molecule has 0 saturated heterocycles. The molecule has 0 aromatic heterocycles. The Hall–Kier alpha value is -1.45. The molecule has 0 atom stereocenters. The van der Waals surface area contributed by atoms with Gasteiger partial charge in [-0.25, -0.2) is 4.99 Å². The molecule has 0 saturated carbocycles. The highest BCUT2D eigenvalue weighted by atomic mass is 16.1. The third kappa shape index (κ3) is 2.80. The summed E-state index contributed by atoms with van der Waals surface area (Å²) >= 11 is 0. The number of dihydropyridines is 1. The largest absolute Gasteiger partial charge is 0.369 e. The Kier molecular flexibility index (Phi) is 3.56. The van der Waals surface area contributed by atoms with Gasteiger partial charge in [0.1, 0.15) is 0 Å². The molecule has 0 unspecified atom stereocenters. The Labute approximate surface area is 84.0 Å². The summed E-state index contributed by atoms with van der Waals surface area (Å²) in [7, 11) is 3.76. The van der Waals surface area contributed by atoms with Crippen molar-refractivity contribution in [2.24, 2.45) is 9.98 Å². The number of Topliss-reactive ketones (excluding diaryl/α,β-unsaturated/α-hetero) is 1. The van der Waals surface area contributed by atoms with Crippen molar-refractivity contribution < 1.29 is 4.79 Å². The summed E-state index contributed by atoms with van der Waals surface area (Å²) in [6.45, 7) is 2.26. The first-order chi connectivity index (χ1) is 6.61. The van der Waals surface area contributed by atoms with Gasteiger partial charge in [-0.15, -0.1) is 0 Å². The third-order valence-electron chi connectivity index (χ3n) is 1.77. The van der Waals surface area contributed by atoms with Gasteiger partial charge in [0, 0.05) is 20.6 Å². The van der Waals surface area contributed by atoms with Crippen LogP contribution in [-0.2, 0) is 4.79 Å². The van der Waals surface area contributed by atoms with Gasteiger partial charge in [0.2, 0.25) is 0 Å². The minimum absolute atomic E-state index is 0.0272. The lowest BCUT2D eigenvalue weighted by Crippen LogP contribution is -2.15. The van der Waals surface area contributed by atoms with E-state index in [2.05, 4.69) is 9.98 Å². The molecule has 14 heavy (non-hydrogen) atoms. The third-order valence-corrected chi connectivity index (χ3v) is 1.77. The van der Waals surface area contributed by atoms with Crippen LogP contribution < -0.4 is 0 Å². The van der Waals surface area contributed by atoms with Crippen LogP contribution in [0.2, 0.25) is 0 Å². The molecule has 4 heteroatoms. The normalized spacial score (nSPS) is 16.5. The standard InChI is InChI=1S/C10H15N3O/c1-8(14)9-5-4-6-11-10(9)12-7-13(2)3/h5,7H,4,6H2,1-3H3/b12-7+. The van der Waals surface area contributed by atoms with Gasteiger partial charge in [0.05, 0.1) is 11.9 Å². The summed E-state index contributed by atoms with van der Waals surface area (Å²) < 4.78 is 0. The van der Waals surface area contributed by atoms with Crippen LogP contribution in [0.5, 0.6) is 0 Å². The van der Waals surface area contributed by atoms with Crippen molar-refractivity contribution >= 4 is 18.0 Å². The number of aliphatic imine (C=N–C) groups is 2. The van der Waals surface area contributed by atoms with Crippen LogP contribution in [0.1, 0.15) is 13.3 Å². The van der Waals surface area contributed by atoms with E-state index in [1.54, 1.807) is 6.34 Å². The van der Waals surface area contributed by atoms with E-state index in [0.717, 1.165) is 13.0 Å². The lowest BCUT2D eigenvalue weighted by Gasteiger charge is -2.09. The van der Waals surface area contributed by atoms with Crippen molar-refractivity contribution in [3.8, 4) is 0 Å². The fourth-order valence-electron chi connectivity index (χ4n) is 1.14. The molecule has 0 aromatic rings. The maximum atomic E-state index is 11.2. The summed E-state index contributed by atoms with van der Waals surface area (Å²) in [4.78, 5) is 21.4. The maximum absolute atomic E-state index is 11.2. The first kappa shape index (κ1) is 10.6. The molecular formula is C10H15N3O. The molecule has 1 heterocycles. The van der Waals surface area contributed by atoms with E-state index in [1.807, 2.05) is 25.1 Å². The monoisotopic (exact) mass is 193 g/mol. The van der Waals surface area contributed by atoms with Crippen LogP contribution in [0.4, 0.5) is 0 Å². The fourth-order valence-corrected chi connectivity index (χ4v) is 1.14. The van der Waals surface area contributed by atoms with Gasteiger partial charge in [-0.3, -0.25) is 9.79 Å². The molecule has 0 amide bonds. The highest BCUT2D eigenvalue weighted by Gasteiger charge is 2.13. The molecule has 1 aliphatic heterocycles. The molecule has 0 radical (unpaired) electrons. The van der Waals surface area contributed by atoms with Crippen LogP contribution in [0, 0.1) is 0 Å². The van der Waals surface area contributed by atoms with Crippen molar-refractivity contribution in [2.45, 2.75) is 13.3 Å². The molecule has 1 aliphatic rings. The number of carbonyl (C=O) groups excluding carboxylic acids is 1. The van der Waals surface area contributed by atoms with Gasteiger partial charge < -0.3 is 4.90 Å². The van der Waals surface area contributed by atoms with Crippen molar-refractivity contribution in [3.05, 3.63) is 11.6 Å². The van der Waals surface area contributed by atoms with E-state index in [4.69, 9.17) is 0 Å². The molecule has 0 fully saturated rings. The van der Waals surface area contributed by atoms with Crippen molar-refractivity contribution in [3.63, 3.8) is 0 Å². The lowest BCUT2D eigenvalue weighted by molar-refractivity contribution is -0.113. The molecule has 1 rings (SSSR count). The predicted molar refractivity (Wildman–Crippen MR) is 57.9 cm³/mol. The van der Waals surface area contributed by atoms with Gasteiger partial charge in [0.15, 0.2) is 11.6 Å². The maximum Gasteiger partial charge on any atom is 0.163 e. The van der Waals surface area contributed by atoms with Crippen molar-refractivity contribution in [1.29, 1.82) is 0 Å². The van der Waals surface area contributed by atoms with E-state index in [0.29, 0.717) is 11.4 Å². The zero-order valence-corrected chi connectivity index (χ0v) is 8.82. The number of carbonyl (C=O) groups is 1. The molecule has 4 nitrogen and oxygen atoms in total. The Bertz CT molecular complexity index is 313. The Balaban J connectivity index is 2.81. The highest BCUT2D eigenvalue weighted by molar-refractivity contribution is 6.22. The van der Waals surface area contributed by atoms with E-state index < -0.39 is 0 Å². The second kappa shape index (κ2) is 4.69. The Morgan fingerprint density at radius 3 is 2.93 bits per heavy atom. The molecule has 0 N–H and O–H groups in total. The van der Waals surface area contributed by atoms with Gasteiger partial charge in [-0.2, -0.15) is 0 Å². The number of amidine groups is 1. The zero-order valence-electron chi connectivity index (χ0n) is 8.82. The Morgan fingerprint density at radius 1 is 1.64 bits per heavy atom. The summed E-state index contributed by atoms with van der Waals surface area (Å²) in [5.41, 5.74) is 0.634. The number of rotatable bonds is 2. The van der Waals surface area contributed by atoms with Gasteiger partial charge in [0.25, 0.3) is 0 Å². The van der Waals surface area contributed by atoms with E-state index in [1.165, 1.54) is 6.92 Å². The molecule has 76 valence electrons. The average molecular weight is 193 g/mol. The molecule has 0 aliphatic carbocycles. The SMILES string of the molecule is CC(=O)C1=CCCN=C1/N=C/N(C)C. The number of ketones is 1. The molecular weight excluding hydrogens is 178 g/mol. The van der Waals surface area contributed by atoms with Gasteiger partial charge >= 0.3 is 0 Å². The summed E-state index contributed by atoms with van der Waals surface area (Å²) in [5, 5.41) is 0. The van der Waals surface area contributed by atoms with E-state index in [-0.39, 0.29) is 5.78 Å². The number of hydrogen-bond acceptors (Lipinski definition) is 3. The van der Waals surface area contributed by atoms with Crippen LogP contribution in [0.3, 0.4) is 0 Å². The van der Waals surface area contributed by atoms with Crippen LogP contribution in [0.15, 0.2) is 21.6 Å². The smallest absolute Gasteiger partial charge is 0.163 e. The highest BCUT2D eigenvalue weighted by Crippen LogP contribution is 2.09. The van der Waals surface area contributed by atoms with Crippen molar-refractivity contribution in [1.82, 2.24) is 4.90 Å². The minimum Gasteiger partial charge on any atom is -0.369 e. The van der Waals surface area contributed by atoms with Crippen LogP contribution in [0.25, 0.3) is 0 Å². The first-order valence-corrected chi connectivity index (χ1v) is 4.58. The van der Waals surface area contributed by atoms with E-state index >= 15 is 0 Å². The first-order valence-electron chi connectivity index (χ1n) is 4.58. The summed E-state index contributed by atoms with van der Waals surface area (Å²) in [5.74, 6) is 0.580. The average Bonchev–Trinajstić information content (AvgIpc) is 2.15. The second-order valence-electron chi connectivity index (χ2n) is 3.38. The van der Waals surface area contributed by atoms with Crippen LogP contribution >= 0.6 is 0 Å². The Morgan fingerprint density at radius 2 is 2.36 bits per heavy atom. The van der Waals surface area contributed by atoms with Crippen molar-refractivity contribution in [2.75, 3.05) is 20.6 Å². The lowest BCUT2D eigenvalue weighted by atomic mass is 10.1. The quantitative estimate of drug-likeness (QED) is 0.483. The van der Waals surface area contributed by atoms with E-state index in [9.17, 15) is 4.79 Å². The topological polar surface area (TPSA) is 45.0 Å².